The molecule has 2 heterocycles. The van der Waals surface area contributed by atoms with Crippen LogP contribution in [-0.4, -0.2) is 54.1 Å². The monoisotopic (exact) mass is 470 g/mol. The number of carbonyl (C=O) groups excluding carboxylic acids is 2. The van der Waals surface area contributed by atoms with Crippen molar-refractivity contribution < 1.29 is 19.1 Å². The first-order valence-corrected chi connectivity index (χ1v) is 10.9. The first-order chi connectivity index (χ1) is 15.9. The Morgan fingerprint density at radius 2 is 2.09 bits per heavy atom. The third-order valence-corrected chi connectivity index (χ3v) is 6.39. The van der Waals surface area contributed by atoms with Gasteiger partial charge in [0.2, 0.25) is 5.91 Å². The van der Waals surface area contributed by atoms with E-state index in [2.05, 4.69) is 20.8 Å². The molecular weight excluding hydrogens is 451 g/mol. The fourth-order valence-corrected chi connectivity index (χ4v) is 4.65. The van der Waals surface area contributed by atoms with Crippen molar-refractivity contribution in [3.8, 4) is 5.69 Å². The van der Waals surface area contributed by atoms with E-state index in [4.69, 9.17) is 11.6 Å². The molecule has 2 N–H and O–H groups in total. The maximum atomic E-state index is 13.6. The Morgan fingerprint density at radius 1 is 1.24 bits per heavy atom. The van der Waals surface area contributed by atoms with Crippen molar-refractivity contribution in [1.29, 1.82) is 0 Å². The number of aliphatic hydroxyl groups is 1. The van der Waals surface area contributed by atoms with Crippen LogP contribution in [0.4, 0.5) is 4.39 Å². The standard InChI is InChI=1S/C22H20ClFN6O3/c23-15-4-5-17(29-11-26-27-28-29)14(6-15)10-25-21(32)19-9-13-8-18(13)30(19)22(33)20(31)12-2-1-3-16(24)7-12/h1-7,11,13,18-20,31H,8-10H2,(H,25,32)/t13-,18-,19+,20-/m1/s1. The second-order valence-electron chi connectivity index (χ2n) is 8.26. The Balaban J connectivity index is 1.31. The first kappa shape index (κ1) is 21.5. The van der Waals surface area contributed by atoms with Crippen molar-refractivity contribution in [3.05, 3.63) is 70.8 Å². The number of fused-ring (bicyclic) bond motifs is 1. The largest absolute Gasteiger partial charge is 0.378 e. The smallest absolute Gasteiger partial charge is 0.256 e. The second-order valence-corrected chi connectivity index (χ2v) is 8.70. The summed E-state index contributed by atoms with van der Waals surface area (Å²) in [4.78, 5) is 27.6. The summed E-state index contributed by atoms with van der Waals surface area (Å²) < 4.78 is 15.0. The van der Waals surface area contributed by atoms with Gasteiger partial charge in [-0.05, 0) is 70.6 Å². The highest BCUT2D eigenvalue weighted by molar-refractivity contribution is 6.30. The molecule has 1 saturated carbocycles. The molecule has 3 aromatic rings. The molecule has 0 unspecified atom stereocenters. The van der Waals surface area contributed by atoms with Crippen molar-refractivity contribution in [2.24, 2.45) is 5.92 Å². The van der Waals surface area contributed by atoms with Crippen LogP contribution in [0.1, 0.15) is 30.1 Å². The molecule has 5 rings (SSSR count). The number of hydrogen-bond acceptors (Lipinski definition) is 6. The van der Waals surface area contributed by atoms with Gasteiger partial charge in [-0.2, -0.15) is 0 Å². The molecule has 2 amide bonds. The minimum Gasteiger partial charge on any atom is -0.378 e. The van der Waals surface area contributed by atoms with Crippen molar-refractivity contribution in [2.75, 3.05) is 0 Å². The van der Waals surface area contributed by atoms with E-state index in [1.54, 1.807) is 18.2 Å². The van der Waals surface area contributed by atoms with Crippen molar-refractivity contribution in [1.82, 2.24) is 30.4 Å². The number of amides is 2. The fraction of sp³-hybridized carbons (Fsp3) is 0.318. The number of tetrazole rings is 1. The van der Waals surface area contributed by atoms with Gasteiger partial charge in [0.25, 0.3) is 5.91 Å². The number of hydrogen-bond donors (Lipinski definition) is 2. The van der Waals surface area contributed by atoms with Crippen molar-refractivity contribution >= 4 is 23.4 Å². The van der Waals surface area contributed by atoms with Gasteiger partial charge < -0.3 is 15.3 Å². The normalized spacial score (nSPS) is 22.0. The molecule has 1 aliphatic heterocycles. The van der Waals surface area contributed by atoms with Gasteiger partial charge in [-0.25, -0.2) is 9.07 Å². The zero-order valence-electron chi connectivity index (χ0n) is 17.3. The molecule has 33 heavy (non-hydrogen) atoms. The summed E-state index contributed by atoms with van der Waals surface area (Å²) in [5.74, 6) is -1.24. The summed E-state index contributed by atoms with van der Waals surface area (Å²) in [6.45, 7) is 0.148. The van der Waals surface area contributed by atoms with E-state index in [1.165, 1.54) is 34.1 Å². The first-order valence-electron chi connectivity index (χ1n) is 10.5. The second kappa shape index (κ2) is 8.53. The summed E-state index contributed by atoms with van der Waals surface area (Å²) in [5.41, 5.74) is 1.52. The number of aromatic nitrogens is 4. The molecule has 170 valence electrons. The van der Waals surface area contributed by atoms with E-state index in [0.717, 1.165) is 12.5 Å². The van der Waals surface area contributed by atoms with Gasteiger partial charge >= 0.3 is 0 Å². The van der Waals surface area contributed by atoms with Gasteiger partial charge in [-0.1, -0.05) is 23.7 Å². The van der Waals surface area contributed by atoms with E-state index in [1.807, 2.05) is 0 Å². The Bertz CT molecular complexity index is 1210. The van der Waals surface area contributed by atoms with E-state index < -0.39 is 23.9 Å². The molecule has 9 nitrogen and oxygen atoms in total. The molecule has 2 aliphatic rings. The maximum absolute atomic E-state index is 13.6. The van der Waals surface area contributed by atoms with Gasteiger partial charge in [-0.15, -0.1) is 5.10 Å². The lowest BCUT2D eigenvalue weighted by atomic mass is 10.1. The van der Waals surface area contributed by atoms with E-state index in [0.29, 0.717) is 22.7 Å². The molecule has 11 heteroatoms. The number of aliphatic hydroxyl groups excluding tert-OH is 1. The highest BCUT2D eigenvalue weighted by Gasteiger charge is 2.56. The maximum Gasteiger partial charge on any atom is 0.256 e. The molecule has 0 bridgehead atoms. The Kier molecular flexibility index (Phi) is 5.55. The molecule has 1 saturated heterocycles. The number of nitrogens with one attached hydrogen (secondary N) is 1. The predicted molar refractivity (Wildman–Crippen MR) is 115 cm³/mol. The Hall–Kier alpha value is -3.37. The minimum atomic E-state index is -1.53. The highest BCUT2D eigenvalue weighted by atomic mass is 35.5. The lowest BCUT2D eigenvalue weighted by molar-refractivity contribution is -0.147. The van der Waals surface area contributed by atoms with Gasteiger partial charge in [0, 0.05) is 17.6 Å². The molecule has 2 fully saturated rings. The fourth-order valence-electron chi connectivity index (χ4n) is 4.46. The van der Waals surface area contributed by atoms with Gasteiger partial charge in [0.1, 0.15) is 18.2 Å². The summed E-state index contributed by atoms with van der Waals surface area (Å²) in [5, 5.41) is 25.1. The average molecular weight is 471 g/mol. The van der Waals surface area contributed by atoms with Crippen molar-refractivity contribution in [2.45, 2.75) is 37.6 Å². The summed E-state index contributed by atoms with van der Waals surface area (Å²) in [6, 6.07) is 9.64. The van der Waals surface area contributed by atoms with Crippen LogP contribution in [0, 0.1) is 11.7 Å². The quantitative estimate of drug-likeness (QED) is 0.568. The van der Waals surface area contributed by atoms with Crippen LogP contribution in [0.25, 0.3) is 5.69 Å². The predicted octanol–water partition coefficient (Wildman–Crippen LogP) is 1.79. The lowest BCUT2D eigenvalue weighted by Crippen LogP contribution is -2.49. The average Bonchev–Trinajstić information content (AvgIpc) is 3.20. The molecule has 1 aliphatic carbocycles. The minimum absolute atomic E-state index is 0.0839. The number of carbonyl (C=O) groups is 2. The van der Waals surface area contributed by atoms with Crippen molar-refractivity contribution in [3.63, 3.8) is 0 Å². The van der Waals surface area contributed by atoms with Crippen LogP contribution >= 0.6 is 11.6 Å². The molecule has 2 aromatic carbocycles. The van der Waals surface area contributed by atoms with Crippen LogP contribution in [0.2, 0.25) is 5.02 Å². The van der Waals surface area contributed by atoms with Crippen LogP contribution in [0.15, 0.2) is 48.8 Å². The SMILES string of the molecule is O=C(NCc1cc(Cl)ccc1-n1cnnn1)[C@@H]1C[C@H]2C[C@H]2N1C(=O)[C@H](O)c1cccc(F)c1. The van der Waals surface area contributed by atoms with E-state index in [9.17, 15) is 19.1 Å². The Morgan fingerprint density at radius 3 is 2.85 bits per heavy atom. The van der Waals surface area contributed by atoms with Gasteiger partial charge in [-0.3, -0.25) is 9.59 Å². The molecule has 4 atom stereocenters. The number of nitrogens with zero attached hydrogens (tertiary/aromatic N) is 5. The zero-order valence-corrected chi connectivity index (χ0v) is 18.1. The molecule has 1 aromatic heterocycles. The Labute approximate surface area is 193 Å². The summed E-state index contributed by atoms with van der Waals surface area (Å²) in [7, 11) is 0. The number of likely N-dealkylation sites (tertiary alicyclic amines) is 1. The molecular formula is C22H20ClFN6O3. The van der Waals surface area contributed by atoms with E-state index >= 15 is 0 Å². The molecule has 0 spiro atoms. The summed E-state index contributed by atoms with van der Waals surface area (Å²) >= 11 is 6.13. The highest BCUT2D eigenvalue weighted by Crippen LogP contribution is 2.48. The van der Waals surface area contributed by atoms with Gasteiger partial charge in [0.15, 0.2) is 6.10 Å². The van der Waals surface area contributed by atoms with Crippen LogP contribution < -0.4 is 5.32 Å². The lowest BCUT2D eigenvalue weighted by Gasteiger charge is -2.29. The topological polar surface area (TPSA) is 113 Å². The van der Waals surface area contributed by atoms with E-state index in [-0.39, 0.29) is 30.0 Å². The third kappa shape index (κ3) is 4.19. The van der Waals surface area contributed by atoms with Crippen LogP contribution in [0.3, 0.4) is 0 Å². The summed E-state index contributed by atoms with van der Waals surface area (Å²) in [6.07, 6.45) is 1.22. The third-order valence-electron chi connectivity index (χ3n) is 6.15. The number of piperidine rings is 1. The van der Waals surface area contributed by atoms with Crippen LogP contribution in [0.5, 0.6) is 0 Å². The molecule has 0 radical (unpaired) electrons. The van der Waals surface area contributed by atoms with Gasteiger partial charge in [0.05, 0.1) is 5.69 Å². The number of benzene rings is 2. The van der Waals surface area contributed by atoms with Crippen LogP contribution in [-0.2, 0) is 16.1 Å². The number of rotatable bonds is 6. The zero-order chi connectivity index (χ0) is 23.1. The number of halogens is 2.